The molecule has 0 aliphatic carbocycles. The first-order chi connectivity index (χ1) is 9.13. The Bertz CT molecular complexity index is 382. The van der Waals surface area contributed by atoms with E-state index in [1.54, 1.807) is 11.8 Å². The van der Waals surface area contributed by atoms with Crippen LogP contribution in [0.5, 0.6) is 0 Å². The Hall–Kier alpha value is -1.04. The summed E-state index contributed by atoms with van der Waals surface area (Å²) in [5, 5.41) is 2.80. The van der Waals surface area contributed by atoms with Crippen molar-refractivity contribution in [2.45, 2.75) is 18.7 Å². The van der Waals surface area contributed by atoms with E-state index in [1.165, 1.54) is 18.2 Å². The minimum atomic E-state index is -0.577. The maximum Gasteiger partial charge on any atom is 0.239 e. The van der Waals surface area contributed by atoms with E-state index in [4.69, 9.17) is 10.5 Å². The zero-order valence-electron chi connectivity index (χ0n) is 11.5. The lowest BCUT2D eigenvalue weighted by Gasteiger charge is -2.10. The number of carbonyl (C=O) groups excluding carboxylic acids is 1. The molecule has 0 saturated heterocycles. The lowest BCUT2D eigenvalue weighted by molar-refractivity contribution is -0.123. The number of aryl methyl sites for hydroxylation is 1. The predicted octanol–water partition coefficient (Wildman–Crippen LogP) is 1.32. The molecule has 0 fully saturated rings. The molecule has 0 saturated carbocycles. The molecule has 0 heterocycles. The average Bonchev–Trinajstić information content (AvgIpc) is 2.40. The smallest absolute Gasteiger partial charge is 0.239 e. The zero-order chi connectivity index (χ0) is 14.1. The summed E-state index contributed by atoms with van der Waals surface area (Å²) in [5.74, 6) is 1.68. The van der Waals surface area contributed by atoms with Gasteiger partial charge in [0.1, 0.15) is 6.04 Å². The summed E-state index contributed by atoms with van der Waals surface area (Å²) in [4.78, 5) is 11.5. The maximum absolute atomic E-state index is 11.5. The second kappa shape index (κ2) is 8.96. The number of thioether (sulfide) groups is 1. The van der Waals surface area contributed by atoms with Crippen LogP contribution in [-0.4, -0.2) is 38.0 Å². The van der Waals surface area contributed by atoms with Gasteiger partial charge < -0.3 is 15.8 Å². The van der Waals surface area contributed by atoms with Crippen molar-refractivity contribution in [3.8, 4) is 0 Å². The summed E-state index contributed by atoms with van der Waals surface area (Å²) in [5.41, 5.74) is 8.18. The standard InChI is InChI=1S/C14H22N2O2S/c1-11-3-5-12(6-4-11)10-19-8-7-16-14(17)13(15)9-18-2/h3-6,13H,7-10,15H2,1-2H3,(H,16,17). The lowest BCUT2D eigenvalue weighted by atomic mass is 10.2. The number of nitrogens with two attached hydrogens (primary N) is 1. The highest BCUT2D eigenvalue weighted by molar-refractivity contribution is 7.98. The summed E-state index contributed by atoms with van der Waals surface area (Å²) in [6.45, 7) is 2.96. The topological polar surface area (TPSA) is 64.3 Å². The van der Waals surface area contributed by atoms with Gasteiger partial charge >= 0.3 is 0 Å². The van der Waals surface area contributed by atoms with Crippen molar-refractivity contribution >= 4 is 17.7 Å². The molecular formula is C14H22N2O2S. The van der Waals surface area contributed by atoms with E-state index < -0.39 is 6.04 Å². The van der Waals surface area contributed by atoms with Crippen LogP contribution in [0.25, 0.3) is 0 Å². The van der Waals surface area contributed by atoms with Gasteiger partial charge in [-0.25, -0.2) is 0 Å². The largest absolute Gasteiger partial charge is 0.383 e. The van der Waals surface area contributed by atoms with Crippen LogP contribution in [0.2, 0.25) is 0 Å². The van der Waals surface area contributed by atoms with E-state index in [-0.39, 0.29) is 12.5 Å². The van der Waals surface area contributed by atoms with Crippen LogP contribution in [0.3, 0.4) is 0 Å². The van der Waals surface area contributed by atoms with Crippen LogP contribution in [0.15, 0.2) is 24.3 Å². The Balaban J connectivity index is 2.11. The molecule has 1 atom stereocenters. The second-order valence-electron chi connectivity index (χ2n) is 4.39. The van der Waals surface area contributed by atoms with Gasteiger partial charge in [-0.2, -0.15) is 11.8 Å². The van der Waals surface area contributed by atoms with Gasteiger partial charge in [0.15, 0.2) is 0 Å². The van der Waals surface area contributed by atoms with E-state index >= 15 is 0 Å². The van der Waals surface area contributed by atoms with Crippen LogP contribution in [0, 0.1) is 6.92 Å². The molecule has 0 aliphatic rings. The van der Waals surface area contributed by atoms with Crippen molar-refractivity contribution < 1.29 is 9.53 Å². The molecule has 19 heavy (non-hydrogen) atoms. The third-order valence-corrected chi connectivity index (χ3v) is 3.65. The number of amides is 1. The summed E-state index contributed by atoms with van der Waals surface area (Å²) in [6, 6.07) is 7.92. The van der Waals surface area contributed by atoms with E-state index in [0.29, 0.717) is 6.54 Å². The fourth-order valence-electron chi connectivity index (χ4n) is 1.51. The molecule has 0 aromatic heterocycles. The van der Waals surface area contributed by atoms with E-state index in [1.807, 2.05) is 0 Å². The molecule has 1 amide bonds. The Morgan fingerprint density at radius 1 is 1.42 bits per heavy atom. The van der Waals surface area contributed by atoms with Crippen LogP contribution < -0.4 is 11.1 Å². The molecule has 4 nitrogen and oxygen atoms in total. The SMILES string of the molecule is COCC(N)C(=O)NCCSCc1ccc(C)cc1. The molecule has 0 bridgehead atoms. The maximum atomic E-state index is 11.5. The van der Waals surface area contributed by atoms with Crippen LogP contribution >= 0.6 is 11.8 Å². The van der Waals surface area contributed by atoms with E-state index in [0.717, 1.165) is 11.5 Å². The van der Waals surface area contributed by atoms with Gasteiger partial charge in [-0.05, 0) is 12.5 Å². The van der Waals surface area contributed by atoms with E-state index in [2.05, 4.69) is 36.5 Å². The van der Waals surface area contributed by atoms with Crippen LogP contribution in [-0.2, 0) is 15.3 Å². The van der Waals surface area contributed by atoms with Crippen molar-refractivity contribution in [2.75, 3.05) is 26.0 Å². The highest BCUT2D eigenvalue weighted by Gasteiger charge is 2.11. The monoisotopic (exact) mass is 282 g/mol. The molecule has 1 rings (SSSR count). The molecule has 1 aromatic carbocycles. The summed E-state index contributed by atoms with van der Waals surface area (Å²) in [6.07, 6.45) is 0. The minimum Gasteiger partial charge on any atom is -0.383 e. The molecule has 0 spiro atoms. The Morgan fingerprint density at radius 3 is 2.74 bits per heavy atom. The fraction of sp³-hybridized carbons (Fsp3) is 0.500. The van der Waals surface area contributed by atoms with Gasteiger partial charge in [0, 0.05) is 25.2 Å². The van der Waals surface area contributed by atoms with Crippen LogP contribution in [0.4, 0.5) is 0 Å². The molecule has 5 heteroatoms. The molecule has 0 radical (unpaired) electrons. The summed E-state index contributed by atoms with van der Waals surface area (Å²) in [7, 11) is 1.53. The highest BCUT2D eigenvalue weighted by Crippen LogP contribution is 2.12. The number of nitrogens with one attached hydrogen (secondary N) is 1. The molecule has 1 aromatic rings. The summed E-state index contributed by atoms with van der Waals surface area (Å²) >= 11 is 1.79. The molecule has 106 valence electrons. The Morgan fingerprint density at radius 2 is 2.11 bits per heavy atom. The number of ether oxygens (including phenoxy) is 1. The second-order valence-corrected chi connectivity index (χ2v) is 5.50. The van der Waals surface area contributed by atoms with Gasteiger partial charge in [0.25, 0.3) is 0 Å². The first kappa shape index (κ1) is 16.0. The van der Waals surface area contributed by atoms with Crippen molar-refractivity contribution in [1.82, 2.24) is 5.32 Å². The molecular weight excluding hydrogens is 260 g/mol. The third-order valence-electron chi connectivity index (χ3n) is 2.62. The Kier molecular flexibility index (Phi) is 7.55. The molecule has 3 N–H and O–H groups in total. The highest BCUT2D eigenvalue weighted by atomic mass is 32.2. The summed E-state index contributed by atoms with van der Waals surface area (Å²) < 4.78 is 4.83. The quantitative estimate of drug-likeness (QED) is 0.706. The number of carbonyl (C=O) groups is 1. The third kappa shape index (κ3) is 6.61. The van der Waals surface area contributed by atoms with E-state index in [9.17, 15) is 4.79 Å². The van der Waals surface area contributed by atoms with Crippen molar-refractivity contribution in [2.24, 2.45) is 5.73 Å². The number of hydrogen-bond acceptors (Lipinski definition) is 4. The van der Waals surface area contributed by atoms with Gasteiger partial charge in [-0.15, -0.1) is 0 Å². The van der Waals surface area contributed by atoms with Crippen LogP contribution in [0.1, 0.15) is 11.1 Å². The van der Waals surface area contributed by atoms with Crippen molar-refractivity contribution in [1.29, 1.82) is 0 Å². The fourth-order valence-corrected chi connectivity index (χ4v) is 2.33. The molecule has 0 aliphatic heterocycles. The van der Waals surface area contributed by atoms with Crippen molar-refractivity contribution in [3.05, 3.63) is 35.4 Å². The number of benzene rings is 1. The average molecular weight is 282 g/mol. The first-order valence-corrected chi connectivity index (χ1v) is 7.44. The minimum absolute atomic E-state index is 0.155. The predicted molar refractivity (Wildman–Crippen MR) is 80.2 cm³/mol. The zero-order valence-corrected chi connectivity index (χ0v) is 12.3. The van der Waals surface area contributed by atoms with Crippen molar-refractivity contribution in [3.63, 3.8) is 0 Å². The number of hydrogen-bond donors (Lipinski definition) is 2. The molecule has 1 unspecified atom stereocenters. The Labute approximate surface area is 119 Å². The first-order valence-electron chi connectivity index (χ1n) is 6.29. The van der Waals surface area contributed by atoms with Gasteiger partial charge in [-0.3, -0.25) is 4.79 Å². The number of rotatable bonds is 8. The number of methoxy groups -OCH3 is 1. The van der Waals surface area contributed by atoms with Gasteiger partial charge in [0.05, 0.1) is 6.61 Å². The van der Waals surface area contributed by atoms with Gasteiger partial charge in [-0.1, -0.05) is 29.8 Å². The van der Waals surface area contributed by atoms with Gasteiger partial charge in [0.2, 0.25) is 5.91 Å². The lowest BCUT2D eigenvalue weighted by Crippen LogP contribution is -2.44. The normalized spacial score (nSPS) is 12.2.